The number of anilines is 1. The first-order valence-corrected chi connectivity index (χ1v) is 8.69. The van der Waals surface area contributed by atoms with E-state index >= 15 is 0 Å². The molecule has 0 saturated carbocycles. The van der Waals surface area contributed by atoms with E-state index in [1.54, 1.807) is 0 Å². The van der Waals surface area contributed by atoms with E-state index < -0.39 is 6.04 Å². The molecule has 1 amide bonds. The van der Waals surface area contributed by atoms with E-state index in [0.29, 0.717) is 13.1 Å². The molecule has 7 heteroatoms. The third-order valence-corrected chi connectivity index (χ3v) is 4.69. The molecule has 1 aromatic heterocycles. The van der Waals surface area contributed by atoms with Gasteiger partial charge in [0, 0.05) is 31.9 Å². The summed E-state index contributed by atoms with van der Waals surface area (Å²) in [6.07, 6.45) is 1.50. The van der Waals surface area contributed by atoms with E-state index in [9.17, 15) is 4.79 Å². The van der Waals surface area contributed by atoms with Crippen LogP contribution >= 0.6 is 0 Å². The molecule has 7 nitrogen and oxygen atoms in total. The highest BCUT2D eigenvalue weighted by molar-refractivity contribution is 5.83. The van der Waals surface area contributed by atoms with Crippen LogP contribution in [0.3, 0.4) is 0 Å². The number of carbonyl (C=O) groups excluding carboxylic acids is 1. The van der Waals surface area contributed by atoms with Crippen LogP contribution in [-0.2, 0) is 4.79 Å². The zero-order chi connectivity index (χ0) is 17.8. The molecule has 26 heavy (non-hydrogen) atoms. The van der Waals surface area contributed by atoms with Crippen LogP contribution in [0.1, 0.15) is 11.6 Å². The monoisotopic (exact) mass is 348 g/mol. The number of amides is 1. The van der Waals surface area contributed by atoms with Crippen LogP contribution < -0.4 is 4.90 Å². The van der Waals surface area contributed by atoms with Gasteiger partial charge >= 0.3 is 0 Å². The van der Waals surface area contributed by atoms with Crippen molar-refractivity contribution in [3.8, 4) is 0 Å². The summed E-state index contributed by atoms with van der Waals surface area (Å²) in [5, 5.41) is 11.4. The minimum absolute atomic E-state index is 0.0243. The standard InChI is InChI=1S/C19H20N6O/c26-19(18(25-15-20-21-22-25)16-7-3-1-4-8-16)24-13-11-23(12-14-24)17-9-5-2-6-10-17/h1-10,15,18H,11-14H2. The van der Waals surface area contributed by atoms with Gasteiger partial charge in [0.15, 0.2) is 6.04 Å². The molecule has 0 radical (unpaired) electrons. The third-order valence-electron chi connectivity index (χ3n) is 4.69. The fourth-order valence-corrected chi connectivity index (χ4v) is 3.33. The van der Waals surface area contributed by atoms with Gasteiger partial charge in [0.05, 0.1) is 0 Å². The maximum atomic E-state index is 13.2. The Bertz CT molecular complexity index is 829. The number of nitrogens with zero attached hydrogens (tertiary/aromatic N) is 6. The van der Waals surface area contributed by atoms with Gasteiger partial charge in [-0.2, -0.15) is 0 Å². The van der Waals surface area contributed by atoms with Crippen molar-refractivity contribution in [2.45, 2.75) is 6.04 Å². The summed E-state index contributed by atoms with van der Waals surface area (Å²) < 4.78 is 1.53. The molecule has 4 rings (SSSR count). The molecule has 1 saturated heterocycles. The maximum Gasteiger partial charge on any atom is 0.252 e. The molecule has 1 aliphatic heterocycles. The third kappa shape index (κ3) is 3.28. The van der Waals surface area contributed by atoms with Gasteiger partial charge in [-0.25, -0.2) is 4.68 Å². The average molecular weight is 348 g/mol. The molecule has 3 aromatic rings. The highest BCUT2D eigenvalue weighted by atomic mass is 16.2. The largest absolute Gasteiger partial charge is 0.368 e. The van der Waals surface area contributed by atoms with Gasteiger partial charge in [0.2, 0.25) is 0 Å². The lowest BCUT2D eigenvalue weighted by Crippen LogP contribution is -2.50. The van der Waals surface area contributed by atoms with E-state index in [1.807, 2.05) is 53.4 Å². The van der Waals surface area contributed by atoms with Crippen molar-refractivity contribution < 1.29 is 4.79 Å². The van der Waals surface area contributed by atoms with Crippen molar-refractivity contribution in [1.29, 1.82) is 0 Å². The van der Waals surface area contributed by atoms with Gasteiger partial charge < -0.3 is 9.80 Å². The molecular formula is C19H20N6O. The molecule has 0 N–H and O–H groups in total. The lowest BCUT2D eigenvalue weighted by molar-refractivity contribution is -0.134. The number of hydrogen-bond donors (Lipinski definition) is 0. The van der Waals surface area contributed by atoms with Gasteiger partial charge in [-0.3, -0.25) is 4.79 Å². The molecular weight excluding hydrogens is 328 g/mol. The number of benzene rings is 2. The Labute approximate surface area is 151 Å². The van der Waals surface area contributed by atoms with Crippen LogP contribution in [0.4, 0.5) is 5.69 Å². The highest BCUT2D eigenvalue weighted by Crippen LogP contribution is 2.22. The molecule has 2 aromatic carbocycles. The van der Waals surface area contributed by atoms with Gasteiger partial charge in [0.1, 0.15) is 6.33 Å². The van der Waals surface area contributed by atoms with E-state index in [4.69, 9.17) is 0 Å². The first kappa shape index (κ1) is 16.3. The summed E-state index contributed by atoms with van der Waals surface area (Å²) in [5.74, 6) is 0.0243. The number of hydrogen-bond acceptors (Lipinski definition) is 5. The predicted molar refractivity (Wildman–Crippen MR) is 97.6 cm³/mol. The molecule has 1 fully saturated rings. The second-order valence-electron chi connectivity index (χ2n) is 6.25. The Hall–Kier alpha value is -3.22. The fraction of sp³-hybridized carbons (Fsp3) is 0.263. The highest BCUT2D eigenvalue weighted by Gasteiger charge is 2.30. The maximum absolute atomic E-state index is 13.2. The summed E-state index contributed by atoms with van der Waals surface area (Å²) in [5.41, 5.74) is 2.08. The second-order valence-corrected chi connectivity index (χ2v) is 6.25. The lowest BCUT2D eigenvalue weighted by atomic mass is 10.1. The van der Waals surface area contributed by atoms with E-state index in [0.717, 1.165) is 18.7 Å². The van der Waals surface area contributed by atoms with Crippen molar-refractivity contribution in [3.05, 3.63) is 72.6 Å². The number of para-hydroxylation sites is 1. The summed E-state index contributed by atoms with van der Waals surface area (Å²) in [6.45, 7) is 2.98. The van der Waals surface area contributed by atoms with Crippen molar-refractivity contribution in [2.24, 2.45) is 0 Å². The van der Waals surface area contributed by atoms with Crippen LogP contribution in [0.2, 0.25) is 0 Å². The van der Waals surface area contributed by atoms with E-state index in [2.05, 4.69) is 32.6 Å². The van der Waals surface area contributed by atoms with Crippen LogP contribution in [-0.4, -0.2) is 57.2 Å². The van der Waals surface area contributed by atoms with Crippen LogP contribution in [0.5, 0.6) is 0 Å². The Kier molecular flexibility index (Phi) is 4.59. The Morgan fingerprint density at radius 3 is 2.15 bits per heavy atom. The molecule has 2 heterocycles. The van der Waals surface area contributed by atoms with E-state index in [1.165, 1.54) is 16.7 Å². The van der Waals surface area contributed by atoms with Gasteiger partial charge in [-0.05, 0) is 28.1 Å². The van der Waals surface area contributed by atoms with E-state index in [-0.39, 0.29) is 5.91 Å². The number of aromatic nitrogens is 4. The quantitative estimate of drug-likeness (QED) is 0.717. The van der Waals surface area contributed by atoms with Crippen molar-refractivity contribution in [2.75, 3.05) is 31.1 Å². The first-order chi connectivity index (χ1) is 12.8. The minimum atomic E-state index is -0.533. The second kappa shape index (κ2) is 7.35. The van der Waals surface area contributed by atoms with Crippen LogP contribution in [0.25, 0.3) is 0 Å². The predicted octanol–water partition coefficient (Wildman–Crippen LogP) is 1.61. The van der Waals surface area contributed by atoms with Crippen molar-refractivity contribution in [1.82, 2.24) is 25.1 Å². The summed E-state index contributed by atoms with van der Waals surface area (Å²) in [6, 6.07) is 19.4. The van der Waals surface area contributed by atoms with Crippen LogP contribution in [0, 0.1) is 0 Å². The first-order valence-electron chi connectivity index (χ1n) is 8.69. The Morgan fingerprint density at radius 2 is 1.54 bits per heavy atom. The number of carbonyl (C=O) groups is 1. The molecule has 0 bridgehead atoms. The number of piperazine rings is 1. The summed E-state index contributed by atoms with van der Waals surface area (Å²) in [4.78, 5) is 17.4. The fourth-order valence-electron chi connectivity index (χ4n) is 3.33. The topological polar surface area (TPSA) is 67.2 Å². The normalized spacial score (nSPS) is 15.7. The minimum Gasteiger partial charge on any atom is -0.368 e. The molecule has 1 aliphatic rings. The van der Waals surface area contributed by atoms with Gasteiger partial charge in [0.25, 0.3) is 5.91 Å². The summed E-state index contributed by atoms with van der Waals surface area (Å²) in [7, 11) is 0. The molecule has 0 aliphatic carbocycles. The molecule has 1 atom stereocenters. The zero-order valence-corrected chi connectivity index (χ0v) is 14.3. The Balaban J connectivity index is 1.51. The van der Waals surface area contributed by atoms with Crippen molar-refractivity contribution in [3.63, 3.8) is 0 Å². The van der Waals surface area contributed by atoms with Crippen LogP contribution in [0.15, 0.2) is 67.0 Å². The van der Waals surface area contributed by atoms with Crippen molar-refractivity contribution >= 4 is 11.6 Å². The molecule has 0 spiro atoms. The molecule has 132 valence electrons. The Morgan fingerprint density at radius 1 is 0.885 bits per heavy atom. The molecule has 1 unspecified atom stereocenters. The smallest absolute Gasteiger partial charge is 0.252 e. The van der Waals surface area contributed by atoms with Gasteiger partial charge in [-0.15, -0.1) is 5.10 Å². The summed E-state index contributed by atoms with van der Waals surface area (Å²) >= 11 is 0. The SMILES string of the molecule is O=C(C(c1ccccc1)n1cnnn1)N1CCN(c2ccccc2)CC1. The number of tetrazole rings is 1. The number of rotatable bonds is 4. The average Bonchev–Trinajstić information content (AvgIpc) is 3.24. The van der Waals surface area contributed by atoms with Gasteiger partial charge in [-0.1, -0.05) is 48.5 Å². The zero-order valence-electron chi connectivity index (χ0n) is 14.3. The lowest BCUT2D eigenvalue weighted by Gasteiger charge is -2.37.